The molecule has 1 unspecified atom stereocenters. The lowest BCUT2D eigenvalue weighted by Crippen LogP contribution is -2.38. The molecule has 0 aromatic heterocycles. The van der Waals surface area contributed by atoms with Crippen LogP contribution in [0.2, 0.25) is 0 Å². The molecule has 0 spiro atoms. The molecule has 5 nitrogen and oxygen atoms in total. The van der Waals surface area contributed by atoms with Crippen molar-refractivity contribution in [3.63, 3.8) is 0 Å². The molecule has 76 valence electrons. The van der Waals surface area contributed by atoms with E-state index in [9.17, 15) is 9.59 Å². The summed E-state index contributed by atoms with van der Waals surface area (Å²) in [5, 5.41) is 11.5. The highest BCUT2D eigenvalue weighted by atomic mass is 16.5. The molecule has 0 saturated heterocycles. The van der Waals surface area contributed by atoms with Gasteiger partial charge in [-0.15, -0.1) is 0 Å². The van der Waals surface area contributed by atoms with Gasteiger partial charge in [0.15, 0.2) is 0 Å². The molecule has 0 aliphatic rings. The number of carboxylic acid groups (broad SMARTS) is 1. The minimum absolute atomic E-state index is 0.261. The Hall–Kier alpha value is -0.940. The summed E-state index contributed by atoms with van der Waals surface area (Å²) < 4.78 is 4.75. The van der Waals surface area contributed by atoms with Crippen molar-refractivity contribution in [2.45, 2.75) is 18.9 Å². The highest BCUT2D eigenvalue weighted by molar-refractivity contribution is 5.73. The fourth-order valence-electron chi connectivity index (χ4n) is 0.883. The molecule has 0 bridgehead atoms. The van der Waals surface area contributed by atoms with Gasteiger partial charge >= 0.3 is 5.97 Å². The zero-order chi connectivity index (χ0) is 10.1. The van der Waals surface area contributed by atoms with Crippen LogP contribution in [0.3, 0.4) is 0 Å². The van der Waals surface area contributed by atoms with E-state index in [1.807, 2.05) is 0 Å². The first-order valence-corrected chi connectivity index (χ1v) is 4.11. The predicted molar refractivity (Wildman–Crippen MR) is 46.6 cm³/mol. The maximum atomic E-state index is 10.6. The summed E-state index contributed by atoms with van der Waals surface area (Å²) in [5.41, 5.74) is 0. The fourth-order valence-corrected chi connectivity index (χ4v) is 0.883. The molecule has 0 aromatic carbocycles. The van der Waals surface area contributed by atoms with Crippen molar-refractivity contribution in [3.8, 4) is 0 Å². The van der Waals surface area contributed by atoms with Gasteiger partial charge < -0.3 is 20.0 Å². The van der Waals surface area contributed by atoms with E-state index in [0.29, 0.717) is 25.9 Å². The van der Waals surface area contributed by atoms with Gasteiger partial charge in [-0.3, -0.25) is 4.79 Å². The highest BCUT2D eigenvalue weighted by Gasteiger charge is 2.14. The van der Waals surface area contributed by atoms with E-state index in [2.05, 4.69) is 5.32 Å². The average Bonchev–Trinajstić information content (AvgIpc) is 2.10. The Kier molecular flexibility index (Phi) is 7.14. The van der Waals surface area contributed by atoms with Gasteiger partial charge in [0, 0.05) is 20.1 Å². The van der Waals surface area contributed by atoms with Gasteiger partial charge in [0.05, 0.1) is 6.61 Å². The van der Waals surface area contributed by atoms with Crippen LogP contribution in [0.4, 0.5) is 0 Å². The summed E-state index contributed by atoms with van der Waals surface area (Å²) in [6.45, 7) is 0.942. The van der Waals surface area contributed by atoms with Gasteiger partial charge in [0.2, 0.25) is 0 Å². The maximum Gasteiger partial charge on any atom is 0.320 e. The van der Waals surface area contributed by atoms with Crippen LogP contribution in [0.5, 0.6) is 0 Å². The molecule has 0 saturated carbocycles. The Morgan fingerprint density at radius 1 is 1.69 bits per heavy atom. The molecule has 0 amide bonds. The number of nitrogens with one attached hydrogen (secondary N) is 1. The van der Waals surface area contributed by atoms with Crippen molar-refractivity contribution in [2.24, 2.45) is 0 Å². The largest absolute Gasteiger partial charge is 0.480 e. The molecule has 0 aliphatic carbocycles. The predicted octanol–water partition coefficient (Wildman–Crippen LogP) is -0.345. The molecule has 1 atom stereocenters. The zero-order valence-electron chi connectivity index (χ0n) is 7.66. The van der Waals surface area contributed by atoms with Crippen LogP contribution in [-0.4, -0.2) is 43.7 Å². The minimum Gasteiger partial charge on any atom is -0.480 e. The quantitative estimate of drug-likeness (QED) is 0.403. The summed E-state index contributed by atoms with van der Waals surface area (Å²) in [6, 6.07) is -0.652. The van der Waals surface area contributed by atoms with Crippen molar-refractivity contribution in [2.75, 3.05) is 20.3 Å². The number of ether oxygens (including phenoxy) is 1. The van der Waals surface area contributed by atoms with Crippen molar-refractivity contribution >= 4 is 12.3 Å². The average molecular weight is 189 g/mol. The summed E-state index contributed by atoms with van der Waals surface area (Å²) in [7, 11) is 1.54. The number of aliphatic carboxylic acids is 1. The SMILES string of the molecule is COCCNC(CCC=O)C(=O)O. The maximum absolute atomic E-state index is 10.6. The molecule has 0 aliphatic heterocycles. The molecule has 0 rings (SSSR count). The van der Waals surface area contributed by atoms with E-state index in [1.54, 1.807) is 7.11 Å². The number of hydrogen-bond donors (Lipinski definition) is 2. The Morgan fingerprint density at radius 3 is 2.85 bits per heavy atom. The summed E-state index contributed by atoms with van der Waals surface area (Å²) in [6.07, 6.45) is 1.30. The molecule has 2 N–H and O–H groups in total. The molecule has 0 heterocycles. The second kappa shape index (κ2) is 7.70. The lowest BCUT2D eigenvalue weighted by molar-refractivity contribution is -0.139. The van der Waals surface area contributed by atoms with Gasteiger partial charge in [0.1, 0.15) is 12.3 Å². The van der Waals surface area contributed by atoms with Gasteiger partial charge in [-0.2, -0.15) is 0 Å². The summed E-state index contributed by atoms with van der Waals surface area (Å²) in [4.78, 5) is 20.6. The third-order valence-electron chi connectivity index (χ3n) is 1.57. The molecule has 0 fully saturated rings. The third-order valence-corrected chi connectivity index (χ3v) is 1.57. The van der Waals surface area contributed by atoms with E-state index in [4.69, 9.17) is 9.84 Å². The highest BCUT2D eigenvalue weighted by Crippen LogP contribution is 1.94. The van der Waals surface area contributed by atoms with E-state index in [-0.39, 0.29) is 6.42 Å². The van der Waals surface area contributed by atoms with E-state index in [0.717, 1.165) is 0 Å². The molecule has 13 heavy (non-hydrogen) atoms. The molecular formula is C8H15NO4. The van der Waals surface area contributed by atoms with E-state index in [1.165, 1.54) is 0 Å². The van der Waals surface area contributed by atoms with E-state index < -0.39 is 12.0 Å². The van der Waals surface area contributed by atoms with Crippen molar-refractivity contribution in [3.05, 3.63) is 0 Å². The standard InChI is InChI=1S/C8H15NO4/c1-13-6-4-9-7(8(11)12)3-2-5-10/h5,7,9H,2-4,6H2,1H3,(H,11,12). The number of rotatable bonds is 8. The first kappa shape index (κ1) is 12.1. The lowest BCUT2D eigenvalue weighted by atomic mass is 10.1. The van der Waals surface area contributed by atoms with Gasteiger partial charge in [-0.1, -0.05) is 0 Å². The van der Waals surface area contributed by atoms with Crippen molar-refractivity contribution in [1.29, 1.82) is 0 Å². The van der Waals surface area contributed by atoms with Crippen LogP contribution in [0.15, 0.2) is 0 Å². The molecular weight excluding hydrogens is 174 g/mol. The third kappa shape index (κ3) is 6.24. The second-order valence-corrected chi connectivity index (χ2v) is 2.58. The molecule has 5 heteroatoms. The molecule has 0 radical (unpaired) electrons. The number of carboxylic acids is 1. The Morgan fingerprint density at radius 2 is 2.38 bits per heavy atom. The zero-order valence-corrected chi connectivity index (χ0v) is 7.66. The molecule has 0 aromatic rings. The lowest BCUT2D eigenvalue weighted by Gasteiger charge is -2.12. The second-order valence-electron chi connectivity index (χ2n) is 2.58. The topological polar surface area (TPSA) is 75.6 Å². The monoisotopic (exact) mass is 189 g/mol. The van der Waals surface area contributed by atoms with Gasteiger partial charge in [-0.05, 0) is 6.42 Å². The first-order chi connectivity index (χ1) is 6.22. The van der Waals surface area contributed by atoms with E-state index >= 15 is 0 Å². The van der Waals surface area contributed by atoms with Crippen LogP contribution in [0.1, 0.15) is 12.8 Å². The van der Waals surface area contributed by atoms with Crippen LogP contribution in [0, 0.1) is 0 Å². The first-order valence-electron chi connectivity index (χ1n) is 4.11. The number of aldehydes is 1. The fraction of sp³-hybridized carbons (Fsp3) is 0.750. The van der Waals surface area contributed by atoms with Gasteiger partial charge in [-0.25, -0.2) is 0 Å². The number of carbonyl (C=O) groups excluding carboxylic acids is 1. The number of methoxy groups -OCH3 is 1. The summed E-state index contributed by atoms with van der Waals surface area (Å²) >= 11 is 0. The van der Waals surface area contributed by atoms with Crippen molar-refractivity contribution < 1.29 is 19.4 Å². The normalized spacial score (nSPS) is 12.4. The van der Waals surface area contributed by atoms with Crippen molar-refractivity contribution in [1.82, 2.24) is 5.32 Å². The Labute approximate surface area is 77.1 Å². The number of hydrogen-bond acceptors (Lipinski definition) is 4. The summed E-state index contributed by atoms with van der Waals surface area (Å²) in [5.74, 6) is -0.932. The Balaban J connectivity index is 3.66. The smallest absolute Gasteiger partial charge is 0.320 e. The van der Waals surface area contributed by atoms with Crippen LogP contribution in [-0.2, 0) is 14.3 Å². The minimum atomic E-state index is -0.932. The van der Waals surface area contributed by atoms with Gasteiger partial charge in [0.25, 0.3) is 0 Å². The van der Waals surface area contributed by atoms with Crippen LogP contribution < -0.4 is 5.32 Å². The van der Waals surface area contributed by atoms with Crippen LogP contribution in [0.25, 0.3) is 0 Å². The number of carbonyl (C=O) groups is 2. The van der Waals surface area contributed by atoms with Crippen LogP contribution >= 0.6 is 0 Å². The Bertz CT molecular complexity index is 160.